The molecule has 2 fully saturated rings. The van der Waals surface area contributed by atoms with Crippen LogP contribution >= 0.6 is 0 Å². The molecule has 0 radical (unpaired) electrons. The van der Waals surface area contributed by atoms with E-state index in [-0.39, 0.29) is 19.8 Å². The molecule has 0 bridgehead atoms. The van der Waals surface area contributed by atoms with E-state index < -0.39 is 49.9 Å². The summed E-state index contributed by atoms with van der Waals surface area (Å²) < 4.78 is 59.3. The third-order valence-electron chi connectivity index (χ3n) is 3.48. The Balaban J connectivity index is 0.000000280. The van der Waals surface area contributed by atoms with Gasteiger partial charge in [0.25, 0.3) is 0 Å². The number of hydrogen-bond acceptors (Lipinski definition) is 9. The molecule has 0 aromatic carbocycles. The van der Waals surface area contributed by atoms with Crippen LogP contribution in [0.3, 0.4) is 0 Å². The Morgan fingerprint density at radius 3 is 1.86 bits per heavy atom. The highest BCUT2D eigenvalue weighted by Gasteiger charge is 2.47. The fourth-order valence-electron chi connectivity index (χ4n) is 2.16. The molecular weight excluding hydrogens is 420 g/mol. The molecule has 2 rings (SSSR count). The lowest BCUT2D eigenvalue weighted by Gasteiger charge is -2.29. The van der Waals surface area contributed by atoms with Gasteiger partial charge in [-0.3, -0.25) is 8.37 Å². The number of amides is 2. The quantitative estimate of drug-likeness (QED) is 0.572. The van der Waals surface area contributed by atoms with Crippen molar-refractivity contribution in [2.24, 2.45) is 5.41 Å². The van der Waals surface area contributed by atoms with Crippen LogP contribution in [0.1, 0.15) is 41.5 Å². The molecule has 28 heavy (non-hydrogen) atoms. The minimum atomic E-state index is -4.08. The van der Waals surface area contributed by atoms with Crippen molar-refractivity contribution in [1.82, 2.24) is 8.61 Å². The molecule has 0 aliphatic carbocycles. The maximum Gasteiger partial charge on any atom is 0.425 e. The van der Waals surface area contributed by atoms with Gasteiger partial charge in [0, 0.05) is 0 Å². The Hall–Kier alpha value is -1.64. The van der Waals surface area contributed by atoms with Crippen LogP contribution in [0.2, 0.25) is 0 Å². The molecular formula is C14H26N2O10S2. The van der Waals surface area contributed by atoms with Gasteiger partial charge >= 0.3 is 32.8 Å². The molecule has 1 unspecified atom stereocenters. The van der Waals surface area contributed by atoms with Gasteiger partial charge in [-0.05, 0) is 26.2 Å². The molecule has 2 heterocycles. The van der Waals surface area contributed by atoms with Crippen LogP contribution in [0.15, 0.2) is 0 Å². The SMILES string of the molecule is CC(C)(C)C1COS(=O)(=O)N1C(=O)O.CC(C)(C)OC(=O)N1CCOS1(=O)=O. The number of carboxylic acid groups (broad SMARTS) is 1. The molecule has 2 saturated heterocycles. The van der Waals surface area contributed by atoms with Crippen LogP contribution in [0.5, 0.6) is 0 Å². The molecule has 0 spiro atoms. The summed E-state index contributed by atoms with van der Waals surface area (Å²) in [4.78, 5) is 22.1. The second-order valence-electron chi connectivity index (χ2n) is 8.03. The summed E-state index contributed by atoms with van der Waals surface area (Å²) in [5.74, 6) is 0. The highest BCUT2D eigenvalue weighted by Crippen LogP contribution is 2.32. The van der Waals surface area contributed by atoms with Crippen LogP contribution < -0.4 is 0 Å². The molecule has 0 aromatic rings. The first-order valence-corrected chi connectivity index (χ1v) is 10.9. The van der Waals surface area contributed by atoms with E-state index in [4.69, 9.17) is 9.84 Å². The van der Waals surface area contributed by atoms with E-state index in [0.29, 0.717) is 8.61 Å². The second kappa shape index (κ2) is 8.00. The lowest BCUT2D eigenvalue weighted by atomic mass is 9.87. The molecule has 1 atom stereocenters. The van der Waals surface area contributed by atoms with E-state index >= 15 is 0 Å². The predicted octanol–water partition coefficient (Wildman–Crippen LogP) is 1.15. The second-order valence-corrected chi connectivity index (χ2v) is 11.1. The molecule has 1 N–H and O–H groups in total. The van der Waals surface area contributed by atoms with E-state index in [1.807, 2.05) is 0 Å². The van der Waals surface area contributed by atoms with Crippen molar-refractivity contribution in [3.63, 3.8) is 0 Å². The van der Waals surface area contributed by atoms with Gasteiger partial charge in [0.15, 0.2) is 0 Å². The van der Waals surface area contributed by atoms with E-state index in [2.05, 4.69) is 8.37 Å². The number of hydrogen-bond donors (Lipinski definition) is 1. The minimum Gasteiger partial charge on any atom is -0.464 e. The summed E-state index contributed by atoms with van der Waals surface area (Å²) in [6.07, 6.45) is -2.39. The topological polar surface area (TPSA) is 157 Å². The lowest BCUT2D eigenvalue weighted by molar-refractivity contribution is 0.0404. The van der Waals surface area contributed by atoms with Crippen molar-refractivity contribution < 1.29 is 44.6 Å². The van der Waals surface area contributed by atoms with Gasteiger partial charge < -0.3 is 9.84 Å². The zero-order valence-corrected chi connectivity index (χ0v) is 18.2. The molecule has 14 heteroatoms. The molecule has 0 saturated carbocycles. The predicted molar refractivity (Wildman–Crippen MR) is 95.8 cm³/mol. The highest BCUT2D eigenvalue weighted by molar-refractivity contribution is 7.85. The summed E-state index contributed by atoms with van der Waals surface area (Å²) in [6.45, 7) is 10.2. The van der Waals surface area contributed by atoms with Gasteiger partial charge in [0.1, 0.15) is 5.60 Å². The fourth-order valence-corrected chi connectivity index (χ4v) is 4.38. The first kappa shape index (κ1) is 24.4. The standard InChI is InChI=1S/2C7H13NO5S/c1-7(2,3)13-6(9)8-4-5-12-14(8,10)11;1-7(2,3)5-4-13-14(11,12)8(5)6(9)10/h4-5H2,1-3H3;5H,4H2,1-3H3,(H,9,10). The van der Waals surface area contributed by atoms with Crippen LogP contribution in [-0.4, -0.2) is 74.1 Å². The van der Waals surface area contributed by atoms with Gasteiger partial charge in [-0.2, -0.15) is 25.4 Å². The Labute approximate surface area is 164 Å². The normalized spacial score (nSPS) is 23.7. The van der Waals surface area contributed by atoms with E-state index in [1.165, 1.54) is 0 Å². The van der Waals surface area contributed by atoms with Crippen LogP contribution in [0, 0.1) is 5.41 Å². The van der Waals surface area contributed by atoms with Crippen molar-refractivity contribution >= 4 is 32.8 Å². The lowest BCUT2D eigenvalue weighted by Crippen LogP contribution is -2.45. The summed E-state index contributed by atoms with van der Waals surface area (Å²) >= 11 is 0. The number of nitrogens with zero attached hydrogens (tertiary/aromatic N) is 2. The van der Waals surface area contributed by atoms with Gasteiger partial charge in [0.2, 0.25) is 0 Å². The van der Waals surface area contributed by atoms with E-state index in [0.717, 1.165) is 0 Å². The third-order valence-corrected chi connectivity index (χ3v) is 6.14. The van der Waals surface area contributed by atoms with Gasteiger partial charge in [-0.25, -0.2) is 9.59 Å². The number of ether oxygens (including phenoxy) is 1. The minimum absolute atomic E-state index is 0.0112. The number of carbonyl (C=O) groups excluding carboxylic acids is 1. The maximum absolute atomic E-state index is 11.3. The third kappa shape index (κ3) is 6.18. The van der Waals surface area contributed by atoms with Crippen molar-refractivity contribution in [3.8, 4) is 0 Å². The average Bonchev–Trinajstić information content (AvgIpc) is 2.95. The summed E-state index contributed by atoms with van der Waals surface area (Å²) in [5, 5.41) is 8.75. The summed E-state index contributed by atoms with van der Waals surface area (Å²) in [6, 6.07) is -0.662. The number of carbonyl (C=O) groups is 2. The molecule has 2 aliphatic rings. The smallest absolute Gasteiger partial charge is 0.425 e. The Bertz CT molecular complexity index is 808. The van der Waals surface area contributed by atoms with Gasteiger partial charge in [-0.1, -0.05) is 20.8 Å². The van der Waals surface area contributed by atoms with E-state index in [1.54, 1.807) is 41.5 Å². The monoisotopic (exact) mass is 446 g/mol. The Kier molecular flexibility index (Phi) is 6.97. The van der Waals surface area contributed by atoms with Crippen molar-refractivity contribution in [2.45, 2.75) is 53.2 Å². The molecule has 0 aromatic heterocycles. The molecule has 2 amide bonds. The zero-order chi connectivity index (χ0) is 22.1. The van der Waals surface area contributed by atoms with Crippen LogP contribution in [0.25, 0.3) is 0 Å². The van der Waals surface area contributed by atoms with Crippen molar-refractivity contribution in [1.29, 1.82) is 0 Å². The summed E-state index contributed by atoms with van der Waals surface area (Å²) in [7, 11) is -7.98. The Morgan fingerprint density at radius 1 is 1.00 bits per heavy atom. The first-order valence-electron chi connectivity index (χ1n) is 8.20. The fraction of sp³-hybridized carbons (Fsp3) is 0.857. The van der Waals surface area contributed by atoms with Crippen molar-refractivity contribution in [2.75, 3.05) is 19.8 Å². The number of rotatable bonds is 0. The average molecular weight is 447 g/mol. The molecule has 2 aliphatic heterocycles. The molecule has 12 nitrogen and oxygen atoms in total. The maximum atomic E-state index is 11.3. The highest BCUT2D eigenvalue weighted by atomic mass is 32.2. The zero-order valence-electron chi connectivity index (χ0n) is 16.5. The largest absolute Gasteiger partial charge is 0.464 e. The first-order chi connectivity index (χ1) is 12.4. The van der Waals surface area contributed by atoms with Crippen LogP contribution in [-0.2, 0) is 33.7 Å². The van der Waals surface area contributed by atoms with Gasteiger partial charge in [0.05, 0.1) is 25.8 Å². The van der Waals surface area contributed by atoms with E-state index in [9.17, 15) is 26.4 Å². The van der Waals surface area contributed by atoms with Crippen molar-refractivity contribution in [3.05, 3.63) is 0 Å². The Morgan fingerprint density at radius 2 is 1.54 bits per heavy atom. The van der Waals surface area contributed by atoms with Crippen LogP contribution in [0.4, 0.5) is 9.59 Å². The summed E-state index contributed by atoms with van der Waals surface area (Å²) in [5.41, 5.74) is -1.18. The molecule has 164 valence electrons. The van der Waals surface area contributed by atoms with Gasteiger partial charge in [-0.15, -0.1) is 0 Å².